The van der Waals surface area contributed by atoms with Gasteiger partial charge >= 0.3 is 0 Å². The molecular formula is C11H13N5O. The minimum absolute atomic E-state index is 0.0124. The first-order chi connectivity index (χ1) is 8.22. The second-order valence-corrected chi connectivity index (χ2v) is 3.60. The number of aromatic nitrogens is 3. The van der Waals surface area contributed by atoms with E-state index in [1.165, 1.54) is 0 Å². The minimum Gasteiger partial charge on any atom is -0.409 e. The average molecular weight is 231 g/mol. The van der Waals surface area contributed by atoms with Crippen molar-refractivity contribution in [3.63, 3.8) is 0 Å². The van der Waals surface area contributed by atoms with Crippen molar-refractivity contribution in [1.82, 2.24) is 14.5 Å². The predicted octanol–water partition coefficient (Wildman–Crippen LogP) is 0.729. The molecule has 2 heterocycles. The van der Waals surface area contributed by atoms with E-state index in [0.717, 1.165) is 11.4 Å². The van der Waals surface area contributed by atoms with Crippen LogP contribution in [0.4, 0.5) is 0 Å². The molecule has 0 amide bonds. The molecule has 0 spiro atoms. The van der Waals surface area contributed by atoms with Crippen LogP contribution in [0, 0.1) is 6.92 Å². The number of imidazole rings is 1. The van der Waals surface area contributed by atoms with E-state index in [2.05, 4.69) is 15.1 Å². The fourth-order valence-electron chi connectivity index (χ4n) is 1.60. The molecule has 0 unspecified atom stereocenters. The van der Waals surface area contributed by atoms with Gasteiger partial charge in [-0.3, -0.25) is 4.98 Å². The Morgan fingerprint density at radius 3 is 2.94 bits per heavy atom. The van der Waals surface area contributed by atoms with E-state index in [-0.39, 0.29) is 5.84 Å². The van der Waals surface area contributed by atoms with Gasteiger partial charge in [0.15, 0.2) is 5.84 Å². The van der Waals surface area contributed by atoms with Crippen molar-refractivity contribution in [3.05, 3.63) is 47.8 Å². The molecule has 2 aromatic heterocycles. The van der Waals surface area contributed by atoms with E-state index in [0.29, 0.717) is 12.2 Å². The van der Waals surface area contributed by atoms with Gasteiger partial charge in [0.2, 0.25) is 0 Å². The van der Waals surface area contributed by atoms with Gasteiger partial charge in [-0.05, 0) is 13.0 Å². The lowest BCUT2D eigenvalue weighted by molar-refractivity contribution is 0.318. The third kappa shape index (κ3) is 2.25. The Hall–Kier alpha value is -2.37. The van der Waals surface area contributed by atoms with Crippen molar-refractivity contribution >= 4 is 5.84 Å². The Bertz CT molecular complexity index is 546. The van der Waals surface area contributed by atoms with Crippen LogP contribution in [0.5, 0.6) is 0 Å². The zero-order chi connectivity index (χ0) is 12.3. The number of nitrogens with zero attached hydrogens (tertiary/aromatic N) is 4. The quantitative estimate of drug-likeness (QED) is 0.352. The van der Waals surface area contributed by atoms with Gasteiger partial charge in [-0.1, -0.05) is 11.2 Å². The first kappa shape index (κ1) is 11.1. The maximum atomic E-state index is 8.70. The molecule has 6 nitrogen and oxygen atoms in total. The van der Waals surface area contributed by atoms with E-state index in [4.69, 9.17) is 10.9 Å². The van der Waals surface area contributed by atoms with Crippen molar-refractivity contribution in [2.75, 3.05) is 0 Å². The zero-order valence-corrected chi connectivity index (χ0v) is 9.41. The number of amidine groups is 1. The third-order valence-corrected chi connectivity index (χ3v) is 2.51. The lowest BCUT2D eigenvalue weighted by Gasteiger charge is -2.08. The van der Waals surface area contributed by atoms with E-state index < -0.39 is 0 Å². The Balaban J connectivity index is 2.36. The summed E-state index contributed by atoms with van der Waals surface area (Å²) in [5, 5.41) is 11.7. The Labute approximate surface area is 98.4 Å². The summed E-state index contributed by atoms with van der Waals surface area (Å²) in [6.45, 7) is 2.50. The molecule has 88 valence electrons. The molecule has 0 aliphatic carbocycles. The summed E-state index contributed by atoms with van der Waals surface area (Å²) < 4.78 is 1.96. The Morgan fingerprint density at radius 2 is 2.29 bits per heavy atom. The lowest BCUT2D eigenvalue weighted by atomic mass is 10.2. The van der Waals surface area contributed by atoms with Gasteiger partial charge in [-0.15, -0.1) is 0 Å². The van der Waals surface area contributed by atoms with E-state index in [1.54, 1.807) is 12.4 Å². The highest BCUT2D eigenvalue weighted by Gasteiger charge is 2.09. The lowest BCUT2D eigenvalue weighted by Crippen LogP contribution is -2.18. The van der Waals surface area contributed by atoms with Crippen molar-refractivity contribution in [2.45, 2.75) is 13.5 Å². The second kappa shape index (κ2) is 4.65. The van der Waals surface area contributed by atoms with Crippen LogP contribution in [0.2, 0.25) is 0 Å². The van der Waals surface area contributed by atoms with E-state index in [9.17, 15) is 0 Å². The highest BCUT2D eigenvalue weighted by atomic mass is 16.4. The molecule has 0 saturated carbocycles. The largest absolute Gasteiger partial charge is 0.409 e. The van der Waals surface area contributed by atoms with Crippen LogP contribution in [-0.4, -0.2) is 25.6 Å². The molecule has 2 rings (SSSR count). The van der Waals surface area contributed by atoms with Gasteiger partial charge in [-0.25, -0.2) is 4.98 Å². The summed E-state index contributed by atoms with van der Waals surface area (Å²) in [7, 11) is 0. The molecule has 0 atom stereocenters. The molecule has 0 saturated heterocycles. The summed E-state index contributed by atoms with van der Waals surface area (Å²) in [6, 6.07) is 3.70. The minimum atomic E-state index is 0.0124. The number of aryl methyl sites for hydroxylation is 1. The summed E-state index contributed by atoms with van der Waals surface area (Å²) in [4.78, 5) is 8.25. The first-order valence-electron chi connectivity index (χ1n) is 5.12. The fraction of sp³-hybridized carbons (Fsp3) is 0.182. The molecule has 0 radical (unpaired) electrons. The van der Waals surface area contributed by atoms with Crippen LogP contribution in [-0.2, 0) is 6.54 Å². The molecule has 0 aromatic carbocycles. The monoisotopic (exact) mass is 231 g/mol. The number of nitrogens with two attached hydrogens (primary N) is 1. The zero-order valence-electron chi connectivity index (χ0n) is 9.41. The normalized spacial score (nSPS) is 11.7. The maximum absolute atomic E-state index is 8.70. The van der Waals surface area contributed by atoms with E-state index in [1.807, 2.05) is 29.8 Å². The van der Waals surface area contributed by atoms with Gasteiger partial charge in [0.1, 0.15) is 11.5 Å². The molecule has 0 bridgehead atoms. The van der Waals surface area contributed by atoms with Gasteiger partial charge in [-0.2, -0.15) is 0 Å². The van der Waals surface area contributed by atoms with Crippen LogP contribution >= 0.6 is 0 Å². The van der Waals surface area contributed by atoms with Crippen molar-refractivity contribution in [1.29, 1.82) is 0 Å². The number of pyridine rings is 1. The number of rotatable bonds is 3. The summed E-state index contributed by atoms with van der Waals surface area (Å²) >= 11 is 0. The van der Waals surface area contributed by atoms with Crippen LogP contribution in [0.15, 0.2) is 35.9 Å². The number of oxime groups is 1. The number of hydrogen-bond acceptors (Lipinski definition) is 4. The smallest absolute Gasteiger partial charge is 0.189 e. The SMILES string of the molecule is Cc1nccn1Cc1cccnc1C(N)=NO. The highest BCUT2D eigenvalue weighted by molar-refractivity contribution is 5.96. The Kier molecular flexibility index (Phi) is 3.04. The van der Waals surface area contributed by atoms with Gasteiger partial charge in [0.25, 0.3) is 0 Å². The van der Waals surface area contributed by atoms with Gasteiger partial charge < -0.3 is 15.5 Å². The van der Waals surface area contributed by atoms with Gasteiger partial charge in [0.05, 0.1) is 6.54 Å². The van der Waals surface area contributed by atoms with Crippen molar-refractivity contribution < 1.29 is 5.21 Å². The van der Waals surface area contributed by atoms with Crippen molar-refractivity contribution in [2.24, 2.45) is 10.9 Å². The summed E-state index contributed by atoms with van der Waals surface area (Å²) in [5.74, 6) is 0.915. The summed E-state index contributed by atoms with van der Waals surface area (Å²) in [5.41, 5.74) is 6.94. The van der Waals surface area contributed by atoms with Crippen LogP contribution < -0.4 is 5.73 Å². The molecular weight excluding hydrogens is 218 g/mol. The standard InChI is InChI=1S/C11H13N5O/c1-8-13-5-6-16(8)7-9-3-2-4-14-10(9)11(12)15-17/h2-6,17H,7H2,1H3,(H2,12,15). The molecule has 0 fully saturated rings. The highest BCUT2D eigenvalue weighted by Crippen LogP contribution is 2.09. The second-order valence-electron chi connectivity index (χ2n) is 3.60. The molecule has 3 N–H and O–H groups in total. The van der Waals surface area contributed by atoms with Gasteiger partial charge in [0, 0.05) is 24.2 Å². The summed E-state index contributed by atoms with van der Waals surface area (Å²) in [6.07, 6.45) is 5.21. The van der Waals surface area contributed by atoms with Crippen LogP contribution in [0.3, 0.4) is 0 Å². The van der Waals surface area contributed by atoms with Crippen molar-refractivity contribution in [3.8, 4) is 0 Å². The maximum Gasteiger partial charge on any atom is 0.189 e. The number of hydrogen-bond donors (Lipinski definition) is 2. The molecule has 2 aromatic rings. The third-order valence-electron chi connectivity index (χ3n) is 2.51. The average Bonchev–Trinajstić information content (AvgIpc) is 2.75. The molecule has 6 heteroatoms. The van der Waals surface area contributed by atoms with E-state index >= 15 is 0 Å². The van der Waals surface area contributed by atoms with Crippen LogP contribution in [0.1, 0.15) is 17.1 Å². The predicted molar refractivity (Wildman–Crippen MR) is 62.8 cm³/mol. The molecule has 0 aliphatic rings. The topological polar surface area (TPSA) is 89.3 Å². The first-order valence-corrected chi connectivity index (χ1v) is 5.12. The fourth-order valence-corrected chi connectivity index (χ4v) is 1.60. The molecule has 17 heavy (non-hydrogen) atoms. The molecule has 0 aliphatic heterocycles. The van der Waals surface area contributed by atoms with Crippen LogP contribution in [0.25, 0.3) is 0 Å². The Morgan fingerprint density at radius 1 is 1.47 bits per heavy atom.